The van der Waals surface area contributed by atoms with Crippen molar-refractivity contribution >= 4 is 46.4 Å². The van der Waals surface area contributed by atoms with Crippen LogP contribution in [0.5, 0.6) is 0 Å². The Kier molecular flexibility index (Phi) is 35.8. The molecule has 0 rings (SSSR count). The van der Waals surface area contributed by atoms with Crippen molar-refractivity contribution in [1.29, 1.82) is 0 Å². The van der Waals surface area contributed by atoms with Gasteiger partial charge < -0.3 is 25.3 Å². The topological polar surface area (TPSA) is 26.0 Å². The van der Waals surface area contributed by atoms with Gasteiger partial charge in [0.05, 0.1) is 0 Å². The Hall–Kier alpha value is 1.46. The molecule has 80 valence electrons. The van der Waals surface area contributed by atoms with Crippen molar-refractivity contribution in [3.8, 4) is 0 Å². The Balaban J connectivity index is -0.000000218. The molecular weight excluding hydrogens is 305 g/mol. The minimum atomic E-state index is 0.107. The summed E-state index contributed by atoms with van der Waals surface area (Å²) in [7, 11) is 0. The predicted molar refractivity (Wildman–Crippen MR) is 70.5 cm³/mol. The first-order chi connectivity index (χ1) is 6.27. The van der Waals surface area contributed by atoms with E-state index >= 15 is 0 Å². The average Bonchev–Trinajstić information content (AvgIpc) is 2.19. The molecule has 0 fully saturated rings. The molecule has 0 aliphatic rings. The SMILES string of the molecule is C[S-].C[S-].[CH3][Sn+2][CH2]CCCC(C)N. The molecule has 0 aliphatic carbocycles. The van der Waals surface area contributed by atoms with Crippen LogP contribution in [0.15, 0.2) is 0 Å². The fourth-order valence-electron chi connectivity index (χ4n) is 0.768. The molecule has 0 radical (unpaired) electrons. The predicted octanol–water partition coefficient (Wildman–Crippen LogP) is 2.00. The van der Waals surface area contributed by atoms with Crippen molar-refractivity contribution in [2.24, 2.45) is 5.73 Å². The van der Waals surface area contributed by atoms with Crippen LogP contribution in [0.4, 0.5) is 0 Å². The first-order valence-corrected chi connectivity index (χ1v) is 11.0. The molecule has 1 unspecified atom stereocenters. The van der Waals surface area contributed by atoms with E-state index < -0.39 is 0 Å². The zero-order valence-corrected chi connectivity index (χ0v) is 13.8. The number of nitrogens with two attached hydrogens (primary N) is 1. The van der Waals surface area contributed by atoms with Gasteiger partial charge in [0, 0.05) is 0 Å². The van der Waals surface area contributed by atoms with Crippen LogP contribution in [-0.4, -0.2) is 39.7 Å². The van der Waals surface area contributed by atoms with Gasteiger partial charge in [-0.2, -0.15) is 12.5 Å². The van der Waals surface area contributed by atoms with Gasteiger partial charge in [0.25, 0.3) is 0 Å². The van der Waals surface area contributed by atoms with Gasteiger partial charge in [-0.25, -0.2) is 0 Å². The fourth-order valence-corrected chi connectivity index (χ4v) is 2.49. The fraction of sp³-hybridized carbons (Fsp3) is 1.00. The molecule has 0 aromatic heterocycles. The van der Waals surface area contributed by atoms with Gasteiger partial charge in [-0.05, 0) is 0 Å². The summed E-state index contributed by atoms with van der Waals surface area (Å²) in [5.74, 6) is 0. The van der Waals surface area contributed by atoms with Crippen LogP contribution < -0.4 is 5.73 Å². The number of rotatable bonds is 5. The zero-order valence-electron chi connectivity index (χ0n) is 9.30. The van der Waals surface area contributed by atoms with Crippen LogP contribution in [0.3, 0.4) is 0 Å². The van der Waals surface area contributed by atoms with Crippen LogP contribution in [0.2, 0.25) is 9.38 Å². The molecule has 0 aliphatic heterocycles. The molecule has 0 spiro atoms. The summed E-state index contributed by atoms with van der Waals surface area (Å²) in [5, 5.41) is 0. The molecule has 4 heteroatoms. The van der Waals surface area contributed by atoms with Crippen LogP contribution >= 0.6 is 0 Å². The second-order valence-electron chi connectivity index (χ2n) is 2.58. The number of unbranched alkanes of at least 4 members (excludes halogenated alkanes) is 1. The molecular formula is C9H23NS2Sn. The van der Waals surface area contributed by atoms with E-state index in [4.69, 9.17) is 5.73 Å². The maximum atomic E-state index is 5.59. The summed E-state index contributed by atoms with van der Waals surface area (Å²) in [6.45, 7) is 2.09. The van der Waals surface area contributed by atoms with Crippen molar-refractivity contribution < 1.29 is 0 Å². The molecule has 0 aromatic rings. The molecule has 0 amide bonds. The van der Waals surface area contributed by atoms with Gasteiger partial charge in [-0.3, -0.25) is 0 Å². The van der Waals surface area contributed by atoms with Crippen molar-refractivity contribution in [1.82, 2.24) is 0 Å². The van der Waals surface area contributed by atoms with Crippen molar-refractivity contribution in [2.75, 3.05) is 12.5 Å². The summed E-state index contributed by atoms with van der Waals surface area (Å²) in [6, 6.07) is 0.423. The van der Waals surface area contributed by atoms with Gasteiger partial charge in [0.1, 0.15) is 0 Å². The molecule has 0 bridgehead atoms. The van der Waals surface area contributed by atoms with Gasteiger partial charge >= 0.3 is 68.5 Å². The van der Waals surface area contributed by atoms with Crippen LogP contribution in [-0.2, 0) is 25.3 Å². The first-order valence-electron chi connectivity index (χ1n) is 4.49. The molecule has 0 saturated heterocycles. The normalized spacial score (nSPS) is 9.77. The van der Waals surface area contributed by atoms with E-state index in [2.05, 4.69) is 37.1 Å². The molecule has 13 heavy (non-hydrogen) atoms. The van der Waals surface area contributed by atoms with E-state index in [9.17, 15) is 0 Å². The van der Waals surface area contributed by atoms with Gasteiger partial charge in [0.15, 0.2) is 0 Å². The van der Waals surface area contributed by atoms with E-state index in [1.54, 1.807) is 12.5 Å². The third-order valence-corrected chi connectivity index (χ3v) is 3.77. The van der Waals surface area contributed by atoms with E-state index in [1.807, 2.05) is 0 Å². The summed E-state index contributed by atoms with van der Waals surface area (Å²) >= 11 is 8.27. The van der Waals surface area contributed by atoms with Crippen molar-refractivity contribution in [3.63, 3.8) is 0 Å². The quantitative estimate of drug-likeness (QED) is 0.475. The second kappa shape index (κ2) is 23.3. The average molecular weight is 328 g/mol. The Morgan fingerprint density at radius 2 is 1.62 bits per heavy atom. The Morgan fingerprint density at radius 3 is 1.92 bits per heavy atom. The Bertz CT molecular complexity index is 63.6. The van der Waals surface area contributed by atoms with Crippen LogP contribution in [0.25, 0.3) is 0 Å². The van der Waals surface area contributed by atoms with Crippen molar-refractivity contribution in [2.45, 2.75) is 41.6 Å². The Morgan fingerprint density at radius 1 is 1.15 bits per heavy atom. The summed E-state index contributed by atoms with van der Waals surface area (Å²) < 4.78 is 1.54. The standard InChI is InChI=1S/C6H14N.2CH4S.CH3.Sn/c1-3-4-5-6(2)7;2*1-2;;/h6H,1,3-5,7H2,2H3;2*2H,1H3;1H3;/q;;;;+2/p-2. The third kappa shape index (κ3) is 31.8. The van der Waals surface area contributed by atoms with E-state index in [-0.39, 0.29) is 21.1 Å². The monoisotopic (exact) mass is 329 g/mol. The minimum absolute atomic E-state index is 0.107. The molecule has 1 nitrogen and oxygen atoms in total. The molecule has 1 atom stereocenters. The molecule has 2 N–H and O–H groups in total. The number of hydrogen-bond donors (Lipinski definition) is 1. The summed E-state index contributed by atoms with van der Waals surface area (Å²) in [4.78, 5) is 2.40. The maximum absolute atomic E-state index is 5.59. The van der Waals surface area contributed by atoms with E-state index in [1.165, 1.54) is 23.7 Å². The zero-order chi connectivity index (χ0) is 11.1. The molecule has 0 heterocycles. The van der Waals surface area contributed by atoms with Gasteiger partial charge in [-0.15, -0.1) is 0 Å². The van der Waals surface area contributed by atoms with Gasteiger partial charge in [0.2, 0.25) is 0 Å². The molecule has 0 saturated carbocycles. The van der Waals surface area contributed by atoms with Crippen molar-refractivity contribution in [3.05, 3.63) is 0 Å². The van der Waals surface area contributed by atoms with E-state index in [0.717, 1.165) is 0 Å². The second-order valence-corrected chi connectivity index (χ2v) is 6.02. The Labute approximate surface area is 106 Å². The summed E-state index contributed by atoms with van der Waals surface area (Å²) in [5.41, 5.74) is 5.59. The van der Waals surface area contributed by atoms with Gasteiger partial charge in [-0.1, -0.05) is 0 Å². The van der Waals surface area contributed by atoms with Crippen LogP contribution in [0, 0.1) is 0 Å². The van der Waals surface area contributed by atoms with Crippen LogP contribution in [0.1, 0.15) is 26.2 Å². The first kappa shape index (κ1) is 19.9. The van der Waals surface area contributed by atoms with E-state index in [0.29, 0.717) is 6.04 Å². The third-order valence-electron chi connectivity index (χ3n) is 1.34. The summed E-state index contributed by atoms with van der Waals surface area (Å²) in [6.07, 6.45) is 7.18. The number of hydrogen-bond acceptors (Lipinski definition) is 3. The molecule has 0 aromatic carbocycles.